The highest BCUT2D eigenvalue weighted by Gasteiger charge is 2.17. The van der Waals surface area contributed by atoms with E-state index in [9.17, 15) is 4.79 Å². The van der Waals surface area contributed by atoms with E-state index in [0.717, 1.165) is 0 Å². The lowest BCUT2D eigenvalue weighted by Gasteiger charge is -2.18. The number of carbonyl (C=O) groups excluding carboxylic acids is 1. The number of amides is 1. The summed E-state index contributed by atoms with van der Waals surface area (Å²) >= 11 is 0. The van der Waals surface area contributed by atoms with Gasteiger partial charge in [0.1, 0.15) is 0 Å². The molecule has 1 aromatic heterocycles. The SMILES string of the molecule is Cn1cc(N)c(C(=O)NCC(C)(C)C)n1. The molecular weight excluding hydrogens is 192 g/mol. The number of nitrogens with two attached hydrogens (primary N) is 1. The number of nitrogens with one attached hydrogen (secondary N) is 1. The van der Waals surface area contributed by atoms with E-state index in [1.807, 2.05) is 0 Å². The molecule has 84 valence electrons. The second kappa shape index (κ2) is 3.92. The Balaban J connectivity index is 2.66. The van der Waals surface area contributed by atoms with Crippen molar-refractivity contribution in [2.24, 2.45) is 12.5 Å². The number of nitrogen functional groups attached to an aromatic ring is 1. The Hall–Kier alpha value is -1.52. The van der Waals surface area contributed by atoms with Crippen LogP contribution in [0.2, 0.25) is 0 Å². The molecule has 1 aromatic rings. The summed E-state index contributed by atoms with van der Waals surface area (Å²) < 4.78 is 1.53. The van der Waals surface area contributed by atoms with Crippen LogP contribution in [0.15, 0.2) is 6.20 Å². The molecule has 0 aromatic carbocycles. The topological polar surface area (TPSA) is 72.9 Å². The van der Waals surface area contributed by atoms with Crippen LogP contribution in [-0.4, -0.2) is 22.2 Å². The van der Waals surface area contributed by atoms with Crippen molar-refractivity contribution in [3.8, 4) is 0 Å². The first-order valence-corrected chi connectivity index (χ1v) is 4.87. The summed E-state index contributed by atoms with van der Waals surface area (Å²) in [6.07, 6.45) is 1.62. The van der Waals surface area contributed by atoms with Crippen molar-refractivity contribution < 1.29 is 4.79 Å². The highest BCUT2D eigenvalue weighted by atomic mass is 16.2. The molecule has 5 heteroatoms. The second-order valence-electron chi connectivity index (χ2n) is 4.85. The molecule has 0 atom stereocenters. The minimum atomic E-state index is -0.219. The standard InChI is InChI=1S/C10H18N4O/c1-10(2,3)6-12-9(15)8-7(11)5-14(4)13-8/h5H,6,11H2,1-4H3,(H,12,15). The van der Waals surface area contributed by atoms with Crippen molar-refractivity contribution in [2.45, 2.75) is 20.8 Å². The number of aryl methyl sites for hydroxylation is 1. The minimum absolute atomic E-state index is 0.0548. The first-order chi connectivity index (χ1) is 6.79. The van der Waals surface area contributed by atoms with E-state index in [0.29, 0.717) is 17.9 Å². The van der Waals surface area contributed by atoms with Gasteiger partial charge in [-0.2, -0.15) is 5.10 Å². The van der Waals surface area contributed by atoms with Crippen molar-refractivity contribution in [2.75, 3.05) is 12.3 Å². The van der Waals surface area contributed by atoms with Gasteiger partial charge in [0.05, 0.1) is 5.69 Å². The van der Waals surface area contributed by atoms with Gasteiger partial charge in [0.2, 0.25) is 0 Å². The number of aromatic nitrogens is 2. The molecule has 0 bridgehead atoms. The summed E-state index contributed by atoms with van der Waals surface area (Å²) in [5.74, 6) is -0.219. The number of carbonyl (C=O) groups is 1. The van der Waals surface area contributed by atoms with Crippen molar-refractivity contribution >= 4 is 11.6 Å². The van der Waals surface area contributed by atoms with E-state index in [2.05, 4.69) is 31.2 Å². The zero-order valence-corrected chi connectivity index (χ0v) is 9.66. The van der Waals surface area contributed by atoms with Crippen LogP contribution in [0, 0.1) is 5.41 Å². The molecule has 0 spiro atoms. The summed E-state index contributed by atoms with van der Waals surface area (Å²) in [6.45, 7) is 6.75. The summed E-state index contributed by atoms with van der Waals surface area (Å²) in [7, 11) is 1.73. The van der Waals surface area contributed by atoms with Crippen LogP contribution in [0.3, 0.4) is 0 Å². The van der Waals surface area contributed by atoms with Gasteiger partial charge in [0, 0.05) is 19.8 Å². The third-order valence-electron chi connectivity index (χ3n) is 1.85. The second-order valence-corrected chi connectivity index (χ2v) is 4.85. The molecule has 0 saturated carbocycles. The van der Waals surface area contributed by atoms with Crippen LogP contribution in [-0.2, 0) is 7.05 Å². The first-order valence-electron chi connectivity index (χ1n) is 4.87. The van der Waals surface area contributed by atoms with Gasteiger partial charge in [-0.3, -0.25) is 9.48 Å². The van der Waals surface area contributed by atoms with E-state index in [4.69, 9.17) is 5.73 Å². The summed E-state index contributed by atoms with van der Waals surface area (Å²) in [6, 6.07) is 0. The number of hydrogen-bond acceptors (Lipinski definition) is 3. The molecule has 0 aliphatic heterocycles. The smallest absolute Gasteiger partial charge is 0.273 e. The van der Waals surface area contributed by atoms with Crippen LogP contribution >= 0.6 is 0 Å². The summed E-state index contributed by atoms with van der Waals surface area (Å²) in [5.41, 5.74) is 6.39. The van der Waals surface area contributed by atoms with E-state index >= 15 is 0 Å². The zero-order chi connectivity index (χ0) is 11.6. The van der Waals surface area contributed by atoms with Gasteiger partial charge in [-0.15, -0.1) is 0 Å². The lowest BCUT2D eigenvalue weighted by molar-refractivity contribution is 0.0934. The zero-order valence-electron chi connectivity index (χ0n) is 9.66. The maximum Gasteiger partial charge on any atom is 0.273 e. The fourth-order valence-electron chi connectivity index (χ4n) is 1.11. The Bertz CT molecular complexity index is 362. The average Bonchev–Trinajstić information content (AvgIpc) is 2.40. The molecule has 1 amide bonds. The van der Waals surface area contributed by atoms with Crippen LogP contribution in [0.4, 0.5) is 5.69 Å². The summed E-state index contributed by atoms with van der Waals surface area (Å²) in [4.78, 5) is 11.7. The predicted octanol–water partition coefficient (Wildman–Crippen LogP) is 0.778. The molecule has 1 rings (SSSR count). The normalized spacial score (nSPS) is 11.5. The minimum Gasteiger partial charge on any atom is -0.396 e. The molecule has 15 heavy (non-hydrogen) atoms. The maximum atomic E-state index is 11.7. The van der Waals surface area contributed by atoms with Gasteiger partial charge >= 0.3 is 0 Å². The molecule has 5 nitrogen and oxygen atoms in total. The monoisotopic (exact) mass is 210 g/mol. The van der Waals surface area contributed by atoms with Crippen molar-refractivity contribution in [3.05, 3.63) is 11.9 Å². The number of hydrogen-bond donors (Lipinski definition) is 2. The molecule has 0 saturated heterocycles. The molecule has 0 aliphatic rings. The third-order valence-corrected chi connectivity index (χ3v) is 1.85. The first kappa shape index (κ1) is 11.6. The fraction of sp³-hybridized carbons (Fsp3) is 0.600. The molecule has 0 aliphatic carbocycles. The van der Waals surface area contributed by atoms with Crippen molar-refractivity contribution in [1.82, 2.24) is 15.1 Å². The molecule has 3 N–H and O–H groups in total. The van der Waals surface area contributed by atoms with E-state index in [1.165, 1.54) is 4.68 Å². The Labute approximate surface area is 89.6 Å². The highest BCUT2D eigenvalue weighted by Crippen LogP contribution is 2.12. The molecule has 0 unspecified atom stereocenters. The van der Waals surface area contributed by atoms with Gasteiger partial charge in [-0.25, -0.2) is 0 Å². The molecular formula is C10H18N4O. The van der Waals surface area contributed by atoms with Gasteiger partial charge in [-0.1, -0.05) is 20.8 Å². The van der Waals surface area contributed by atoms with Crippen LogP contribution < -0.4 is 11.1 Å². The predicted molar refractivity (Wildman–Crippen MR) is 59.4 cm³/mol. The Morgan fingerprint density at radius 2 is 2.20 bits per heavy atom. The van der Waals surface area contributed by atoms with Crippen LogP contribution in [0.25, 0.3) is 0 Å². The highest BCUT2D eigenvalue weighted by molar-refractivity contribution is 5.96. The Morgan fingerprint density at radius 3 is 2.60 bits per heavy atom. The van der Waals surface area contributed by atoms with Gasteiger partial charge in [0.15, 0.2) is 5.69 Å². The van der Waals surface area contributed by atoms with Gasteiger partial charge in [-0.05, 0) is 5.41 Å². The molecule has 1 heterocycles. The van der Waals surface area contributed by atoms with Crippen molar-refractivity contribution in [1.29, 1.82) is 0 Å². The van der Waals surface area contributed by atoms with Crippen LogP contribution in [0.1, 0.15) is 31.3 Å². The number of anilines is 1. The van der Waals surface area contributed by atoms with Gasteiger partial charge < -0.3 is 11.1 Å². The average molecular weight is 210 g/mol. The van der Waals surface area contributed by atoms with Crippen molar-refractivity contribution in [3.63, 3.8) is 0 Å². The summed E-state index contributed by atoms with van der Waals surface area (Å²) in [5, 5.41) is 6.79. The van der Waals surface area contributed by atoms with Crippen LogP contribution in [0.5, 0.6) is 0 Å². The van der Waals surface area contributed by atoms with E-state index < -0.39 is 0 Å². The quantitative estimate of drug-likeness (QED) is 0.757. The third kappa shape index (κ3) is 3.27. The fourth-order valence-corrected chi connectivity index (χ4v) is 1.11. The molecule has 0 radical (unpaired) electrons. The lowest BCUT2D eigenvalue weighted by atomic mass is 9.97. The van der Waals surface area contributed by atoms with E-state index in [-0.39, 0.29) is 11.3 Å². The molecule has 0 fully saturated rings. The Kier molecular flexibility index (Phi) is 3.02. The number of rotatable bonds is 2. The number of nitrogens with zero attached hydrogens (tertiary/aromatic N) is 2. The van der Waals surface area contributed by atoms with E-state index in [1.54, 1.807) is 13.2 Å². The lowest BCUT2D eigenvalue weighted by Crippen LogP contribution is -2.32. The largest absolute Gasteiger partial charge is 0.396 e. The van der Waals surface area contributed by atoms with Gasteiger partial charge in [0.25, 0.3) is 5.91 Å². The maximum absolute atomic E-state index is 11.7. The Morgan fingerprint density at radius 1 is 1.60 bits per heavy atom.